The number of rotatable bonds is 5. The first-order valence-electron chi connectivity index (χ1n) is 6.74. The number of nitrogens with two attached hydrogens (primary N) is 1. The van der Waals surface area contributed by atoms with Crippen LogP contribution in [0.1, 0.15) is 36.5 Å². The predicted octanol–water partition coefficient (Wildman–Crippen LogP) is 3.46. The zero-order valence-electron chi connectivity index (χ0n) is 12.0. The van der Waals surface area contributed by atoms with Crippen molar-refractivity contribution in [2.45, 2.75) is 32.4 Å². The molecule has 0 bridgehead atoms. The van der Waals surface area contributed by atoms with Gasteiger partial charge in [-0.25, -0.2) is 4.39 Å². The van der Waals surface area contributed by atoms with Gasteiger partial charge in [-0.15, -0.1) is 0 Å². The van der Waals surface area contributed by atoms with E-state index in [0.717, 1.165) is 5.76 Å². The van der Waals surface area contributed by atoms with E-state index >= 15 is 0 Å². The first-order chi connectivity index (χ1) is 10.1. The Kier molecular flexibility index (Phi) is 4.61. The molecule has 110 valence electrons. The molecule has 2 rings (SSSR count). The van der Waals surface area contributed by atoms with Gasteiger partial charge >= 0.3 is 0 Å². The van der Waals surface area contributed by atoms with E-state index < -0.39 is 11.9 Å². The summed E-state index contributed by atoms with van der Waals surface area (Å²) in [5.41, 5.74) is 5.94. The Balaban J connectivity index is 2.37. The molecular weight excluding hydrogens is 271 g/mol. The molecule has 0 aliphatic rings. The Hall–Kier alpha value is -2.32. The number of aryl methyl sites for hydroxylation is 1. The van der Waals surface area contributed by atoms with E-state index in [-0.39, 0.29) is 17.4 Å². The summed E-state index contributed by atoms with van der Waals surface area (Å²) in [5, 5.41) is 9.06. The van der Waals surface area contributed by atoms with Gasteiger partial charge in [0.05, 0.1) is 0 Å². The summed E-state index contributed by atoms with van der Waals surface area (Å²) in [4.78, 5) is 0. The van der Waals surface area contributed by atoms with Crippen LogP contribution < -0.4 is 10.5 Å². The summed E-state index contributed by atoms with van der Waals surface area (Å²) < 4.78 is 25.0. The van der Waals surface area contributed by atoms with E-state index in [1.54, 1.807) is 12.1 Å². The van der Waals surface area contributed by atoms with Crippen molar-refractivity contribution in [1.29, 1.82) is 5.26 Å². The first-order valence-corrected chi connectivity index (χ1v) is 6.74. The Morgan fingerprint density at radius 1 is 1.38 bits per heavy atom. The van der Waals surface area contributed by atoms with E-state index in [4.69, 9.17) is 20.1 Å². The van der Waals surface area contributed by atoms with Crippen LogP contribution in [0.2, 0.25) is 0 Å². The van der Waals surface area contributed by atoms with Crippen LogP contribution in [0.4, 0.5) is 4.39 Å². The summed E-state index contributed by atoms with van der Waals surface area (Å²) >= 11 is 0. The largest absolute Gasteiger partial charge is 0.479 e. The van der Waals surface area contributed by atoms with E-state index in [1.165, 1.54) is 12.1 Å². The number of ether oxygens (including phenoxy) is 1. The van der Waals surface area contributed by atoms with Crippen molar-refractivity contribution in [3.05, 3.63) is 53.2 Å². The van der Waals surface area contributed by atoms with Crippen LogP contribution in [0.15, 0.2) is 34.7 Å². The third-order valence-electron chi connectivity index (χ3n) is 3.24. The van der Waals surface area contributed by atoms with Crippen LogP contribution in [0, 0.1) is 24.1 Å². The molecule has 0 aliphatic carbocycles. The van der Waals surface area contributed by atoms with Crippen molar-refractivity contribution in [1.82, 2.24) is 0 Å². The molecule has 1 heterocycles. The summed E-state index contributed by atoms with van der Waals surface area (Å²) in [6.07, 6.45) is 0.0827. The fourth-order valence-corrected chi connectivity index (χ4v) is 2.02. The molecule has 1 aromatic heterocycles. The van der Waals surface area contributed by atoms with Gasteiger partial charge in [-0.3, -0.25) is 0 Å². The minimum Gasteiger partial charge on any atom is -0.479 e. The zero-order valence-corrected chi connectivity index (χ0v) is 12.0. The highest BCUT2D eigenvalue weighted by atomic mass is 19.1. The third kappa shape index (κ3) is 3.23. The monoisotopic (exact) mass is 288 g/mol. The molecule has 0 amide bonds. The lowest BCUT2D eigenvalue weighted by Gasteiger charge is -2.23. The smallest absolute Gasteiger partial charge is 0.171 e. The fourth-order valence-electron chi connectivity index (χ4n) is 2.02. The van der Waals surface area contributed by atoms with Crippen molar-refractivity contribution < 1.29 is 13.5 Å². The highest BCUT2D eigenvalue weighted by Gasteiger charge is 2.25. The Morgan fingerprint density at radius 2 is 2.14 bits per heavy atom. The van der Waals surface area contributed by atoms with Gasteiger partial charge < -0.3 is 14.9 Å². The van der Waals surface area contributed by atoms with E-state index in [0.29, 0.717) is 12.2 Å². The van der Waals surface area contributed by atoms with Crippen molar-refractivity contribution >= 4 is 0 Å². The van der Waals surface area contributed by atoms with E-state index in [1.807, 2.05) is 26.0 Å². The van der Waals surface area contributed by atoms with Crippen LogP contribution in [-0.4, -0.2) is 6.04 Å². The Labute approximate surface area is 122 Å². The summed E-state index contributed by atoms with van der Waals surface area (Å²) in [6, 6.07) is 9.33. The van der Waals surface area contributed by atoms with E-state index in [2.05, 4.69) is 0 Å². The van der Waals surface area contributed by atoms with E-state index in [9.17, 15) is 4.39 Å². The van der Waals surface area contributed by atoms with Crippen molar-refractivity contribution in [2.24, 2.45) is 5.73 Å². The molecule has 4 nitrogen and oxygen atoms in total. The second kappa shape index (κ2) is 6.42. The average Bonchev–Trinajstić information content (AvgIpc) is 2.90. The number of halogens is 1. The Morgan fingerprint density at radius 3 is 2.71 bits per heavy atom. The second-order valence-electron chi connectivity index (χ2n) is 4.78. The molecule has 0 spiro atoms. The lowest BCUT2D eigenvalue weighted by Crippen LogP contribution is -2.31. The first kappa shape index (κ1) is 15.1. The number of hydrogen-bond donors (Lipinski definition) is 1. The Bertz CT molecular complexity index is 661. The SMILES string of the molecule is CCC(N)C(Oc1cccc(F)c1C#N)c1ccc(C)o1. The van der Waals surface area contributed by atoms with Gasteiger partial charge in [0, 0.05) is 6.04 Å². The van der Waals surface area contributed by atoms with Gasteiger partial charge in [0.2, 0.25) is 0 Å². The maximum Gasteiger partial charge on any atom is 0.171 e. The maximum atomic E-state index is 13.6. The second-order valence-corrected chi connectivity index (χ2v) is 4.78. The quantitative estimate of drug-likeness (QED) is 0.914. The average molecular weight is 288 g/mol. The topological polar surface area (TPSA) is 72.2 Å². The molecule has 21 heavy (non-hydrogen) atoms. The van der Waals surface area contributed by atoms with Gasteiger partial charge in [-0.2, -0.15) is 5.26 Å². The number of benzene rings is 1. The minimum atomic E-state index is -0.616. The van der Waals surface area contributed by atoms with Gasteiger partial charge in [-0.05, 0) is 37.6 Å². The van der Waals surface area contributed by atoms with Crippen molar-refractivity contribution in [2.75, 3.05) is 0 Å². The van der Waals surface area contributed by atoms with Crippen LogP contribution in [-0.2, 0) is 0 Å². The third-order valence-corrected chi connectivity index (χ3v) is 3.24. The van der Waals surface area contributed by atoms with Crippen LogP contribution in [0.3, 0.4) is 0 Å². The minimum absolute atomic E-state index is 0.130. The molecule has 0 saturated carbocycles. The lowest BCUT2D eigenvalue weighted by molar-refractivity contribution is 0.142. The molecule has 2 unspecified atom stereocenters. The predicted molar refractivity (Wildman–Crippen MR) is 76.2 cm³/mol. The molecule has 2 N–H and O–H groups in total. The zero-order chi connectivity index (χ0) is 15.4. The summed E-state index contributed by atoms with van der Waals surface area (Å²) in [6.45, 7) is 3.74. The van der Waals surface area contributed by atoms with Gasteiger partial charge in [0.1, 0.15) is 34.7 Å². The normalized spacial score (nSPS) is 13.5. The van der Waals surface area contributed by atoms with Gasteiger partial charge in [-0.1, -0.05) is 13.0 Å². The highest BCUT2D eigenvalue weighted by molar-refractivity contribution is 5.44. The van der Waals surface area contributed by atoms with Gasteiger partial charge in [0.15, 0.2) is 6.10 Å². The van der Waals surface area contributed by atoms with Crippen molar-refractivity contribution in [3.63, 3.8) is 0 Å². The van der Waals surface area contributed by atoms with Crippen molar-refractivity contribution in [3.8, 4) is 11.8 Å². The molecular formula is C16H17FN2O2. The molecule has 0 saturated heterocycles. The highest BCUT2D eigenvalue weighted by Crippen LogP contribution is 2.30. The summed E-state index contributed by atoms with van der Waals surface area (Å²) in [7, 11) is 0. The fraction of sp³-hybridized carbons (Fsp3) is 0.312. The lowest BCUT2D eigenvalue weighted by atomic mass is 10.1. The number of furan rings is 1. The maximum absolute atomic E-state index is 13.6. The standard InChI is InChI=1S/C16H17FN2O2/c1-3-13(19)16(15-8-7-10(2)20-15)21-14-6-4-5-12(17)11(14)9-18/h4-8,13,16H,3,19H2,1-2H3. The van der Waals surface area contributed by atoms with Crippen LogP contribution in [0.5, 0.6) is 5.75 Å². The molecule has 0 aliphatic heterocycles. The van der Waals surface area contributed by atoms with Crippen LogP contribution >= 0.6 is 0 Å². The van der Waals surface area contributed by atoms with Gasteiger partial charge in [0.25, 0.3) is 0 Å². The number of nitrogens with zero attached hydrogens (tertiary/aromatic N) is 1. The molecule has 0 radical (unpaired) electrons. The van der Waals surface area contributed by atoms with Crippen LogP contribution in [0.25, 0.3) is 0 Å². The molecule has 2 atom stereocenters. The molecule has 0 fully saturated rings. The number of nitriles is 1. The molecule has 1 aromatic carbocycles. The molecule has 5 heteroatoms. The summed E-state index contributed by atoms with van der Waals surface area (Å²) in [5.74, 6) is 0.853. The number of hydrogen-bond acceptors (Lipinski definition) is 4. The molecule has 2 aromatic rings.